The molecule has 0 aliphatic rings. The second-order valence-corrected chi connectivity index (χ2v) is 8.35. The fourth-order valence-corrected chi connectivity index (χ4v) is 3.79. The van der Waals surface area contributed by atoms with Crippen LogP contribution < -0.4 is 10.1 Å². The number of rotatable bonds is 10. The number of hydrogen-bond donors (Lipinski definition) is 1. The van der Waals surface area contributed by atoms with Crippen LogP contribution in [0.3, 0.4) is 0 Å². The van der Waals surface area contributed by atoms with Gasteiger partial charge in [-0.1, -0.05) is 57.2 Å². The molecule has 0 aromatic heterocycles. The molecule has 30 heavy (non-hydrogen) atoms. The molecule has 0 saturated carbocycles. The maximum atomic E-state index is 13.1. The molecule has 5 nitrogen and oxygen atoms in total. The van der Waals surface area contributed by atoms with Gasteiger partial charge in [0.25, 0.3) is 5.91 Å². The first-order chi connectivity index (χ1) is 14.4. The highest BCUT2D eigenvalue weighted by atomic mass is 79.9. The van der Waals surface area contributed by atoms with Gasteiger partial charge in [0.05, 0.1) is 4.47 Å². The van der Waals surface area contributed by atoms with Crippen molar-refractivity contribution in [1.29, 1.82) is 0 Å². The highest BCUT2D eigenvalue weighted by Crippen LogP contribution is 2.29. The summed E-state index contributed by atoms with van der Waals surface area (Å²) in [7, 11) is 1.59. The molecular formula is C24H31BrN2O3. The summed E-state index contributed by atoms with van der Waals surface area (Å²) < 4.78 is 6.62. The van der Waals surface area contributed by atoms with E-state index in [0.29, 0.717) is 31.1 Å². The summed E-state index contributed by atoms with van der Waals surface area (Å²) >= 11 is 3.53. The Labute approximate surface area is 187 Å². The molecule has 2 aromatic carbocycles. The Morgan fingerprint density at radius 2 is 1.83 bits per heavy atom. The third-order valence-electron chi connectivity index (χ3n) is 5.09. The van der Waals surface area contributed by atoms with Gasteiger partial charge in [-0.05, 0) is 57.9 Å². The molecule has 0 aliphatic carbocycles. The molecule has 1 N–H and O–H groups in total. The van der Waals surface area contributed by atoms with Crippen molar-refractivity contribution in [3.63, 3.8) is 0 Å². The molecule has 0 spiro atoms. The molecule has 0 radical (unpaired) electrons. The predicted octanol–water partition coefficient (Wildman–Crippen LogP) is 4.55. The number of carbonyl (C=O) groups excluding carboxylic acids is 2. The Bertz CT molecular complexity index is 840. The van der Waals surface area contributed by atoms with Crippen LogP contribution in [0.25, 0.3) is 0 Å². The van der Waals surface area contributed by atoms with E-state index in [1.54, 1.807) is 11.9 Å². The Morgan fingerprint density at radius 3 is 2.40 bits per heavy atom. The Kier molecular flexibility index (Phi) is 9.37. The van der Waals surface area contributed by atoms with Crippen molar-refractivity contribution in [1.82, 2.24) is 10.2 Å². The second kappa shape index (κ2) is 11.7. The van der Waals surface area contributed by atoms with Gasteiger partial charge in [0.2, 0.25) is 5.91 Å². The summed E-state index contributed by atoms with van der Waals surface area (Å²) in [4.78, 5) is 27.1. The van der Waals surface area contributed by atoms with Crippen LogP contribution in [0.15, 0.2) is 53.0 Å². The van der Waals surface area contributed by atoms with Crippen LogP contribution in [0.4, 0.5) is 0 Å². The average Bonchev–Trinajstić information content (AvgIpc) is 2.75. The zero-order valence-corrected chi connectivity index (χ0v) is 19.7. The molecule has 0 aliphatic heterocycles. The SMILES string of the molecule is CC[C@H](C(=O)NC)N(CCc1ccccc1)C(=O)COc1ccc(C(C)C)cc1Br. The van der Waals surface area contributed by atoms with Crippen LogP contribution in [0.1, 0.15) is 44.2 Å². The number of likely N-dealkylation sites (N-methyl/N-ethyl adjacent to an activating group) is 1. The van der Waals surface area contributed by atoms with E-state index in [1.165, 1.54) is 5.56 Å². The Morgan fingerprint density at radius 1 is 1.13 bits per heavy atom. The van der Waals surface area contributed by atoms with Crippen LogP contribution in [-0.4, -0.2) is 43.0 Å². The smallest absolute Gasteiger partial charge is 0.261 e. The minimum Gasteiger partial charge on any atom is -0.483 e. The van der Waals surface area contributed by atoms with Crippen molar-refractivity contribution in [2.75, 3.05) is 20.2 Å². The summed E-state index contributed by atoms with van der Waals surface area (Å²) in [5.74, 6) is 0.648. The second-order valence-electron chi connectivity index (χ2n) is 7.49. The first-order valence-corrected chi connectivity index (χ1v) is 11.1. The minimum absolute atomic E-state index is 0.123. The van der Waals surface area contributed by atoms with E-state index in [0.717, 1.165) is 10.0 Å². The summed E-state index contributed by atoms with van der Waals surface area (Å²) in [5, 5.41) is 2.67. The normalized spacial score (nSPS) is 11.8. The van der Waals surface area contributed by atoms with E-state index in [1.807, 2.05) is 55.5 Å². The molecule has 2 aromatic rings. The molecule has 2 amide bonds. The van der Waals surface area contributed by atoms with Crippen LogP contribution in [0, 0.1) is 0 Å². The zero-order chi connectivity index (χ0) is 22.1. The van der Waals surface area contributed by atoms with Crippen LogP contribution in [-0.2, 0) is 16.0 Å². The maximum Gasteiger partial charge on any atom is 0.261 e. The van der Waals surface area contributed by atoms with Crippen molar-refractivity contribution < 1.29 is 14.3 Å². The summed E-state index contributed by atoms with van der Waals surface area (Å²) in [6.07, 6.45) is 1.21. The summed E-state index contributed by atoms with van der Waals surface area (Å²) in [6.45, 7) is 6.48. The van der Waals surface area contributed by atoms with E-state index in [-0.39, 0.29) is 18.4 Å². The maximum absolute atomic E-state index is 13.1. The molecule has 0 saturated heterocycles. The van der Waals surface area contributed by atoms with Gasteiger partial charge in [-0.3, -0.25) is 9.59 Å². The van der Waals surface area contributed by atoms with E-state index < -0.39 is 6.04 Å². The minimum atomic E-state index is -0.526. The standard InChI is InChI=1S/C24H31BrN2O3/c1-5-21(24(29)26-4)27(14-13-18-9-7-6-8-10-18)23(28)16-30-22-12-11-19(17(2)3)15-20(22)25/h6-12,15,17,21H,5,13-14,16H2,1-4H3,(H,26,29)/t21-/m1/s1. The topological polar surface area (TPSA) is 58.6 Å². The summed E-state index contributed by atoms with van der Waals surface area (Å²) in [5.41, 5.74) is 2.31. The van der Waals surface area contributed by atoms with Gasteiger partial charge in [-0.25, -0.2) is 0 Å². The quantitative estimate of drug-likeness (QED) is 0.549. The van der Waals surface area contributed by atoms with Gasteiger partial charge in [0.15, 0.2) is 6.61 Å². The molecule has 0 unspecified atom stereocenters. The number of nitrogens with one attached hydrogen (secondary N) is 1. The average molecular weight is 475 g/mol. The molecule has 2 rings (SSSR count). The summed E-state index contributed by atoms with van der Waals surface area (Å²) in [6, 6.07) is 15.3. The number of hydrogen-bond acceptors (Lipinski definition) is 3. The molecule has 6 heteroatoms. The van der Waals surface area contributed by atoms with Crippen molar-refractivity contribution in [2.45, 2.75) is 45.6 Å². The Balaban J connectivity index is 2.12. The molecule has 0 bridgehead atoms. The van der Waals surface area contributed by atoms with Gasteiger partial charge in [-0.2, -0.15) is 0 Å². The highest BCUT2D eigenvalue weighted by molar-refractivity contribution is 9.10. The number of ether oxygens (including phenoxy) is 1. The van der Waals surface area contributed by atoms with Crippen LogP contribution in [0.5, 0.6) is 5.75 Å². The molecule has 1 atom stereocenters. The number of nitrogens with zero attached hydrogens (tertiary/aromatic N) is 1. The monoisotopic (exact) mass is 474 g/mol. The highest BCUT2D eigenvalue weighted by Gasteiger charge is 2.28. The first kappa shape index (κ1) is 23.9. The fourth-order valence-electron chi connectivity index (χ4n) is 3.28. The largest absolute Gasteiger partial charge is 0.483 e. The van der Waals surface area contributed by atoms with E-state index >= 15 is 0 Å². The fraction of sp³-hybridized carbons (Fsp3) is 0.417. The van der Waals surface area contributed by atoms with Crippen molar-refractivity contribution in [2.24, 2.45) is 0 Å². The first-order valence-electron chi connectivity index (χ1n) is 10.3. The lowest BCUT2D eigenvalue weighted by Gasteiger charge is -2.30. The van der Waals surface area contributed by atoms with Crippen LogP contribution in [0.2, 0.25) is 0 Å². The van der Waals surface area contributed by atoms with E-state index in [4.69, 9.17) is 4.74 Å². The molecule has 0 heterocycles. The molecule has 0 fully saturated rings. The van der Waals surface area contributed by atoms with E-state index in [9.17, 15) is 9.59 Å². The molecule has 162 valence electrons. The van der Waals surface area contributed by atoms with Crippen molar-refractivity contribution >= 4 is 27.7 Å². The van der Waals surface area contributed by atoms with Crippen molar-refractivity contribution in [3.8, 4) is 5.75 Å². The van der Waals surface area contributed by atoms with Crippen LogP contribution >= 0.6 is 15.9 Å². The van der Waals surface area contributed by atoms with Gasteiger partial charge in [-0.15, -0.1) is 0 Å². The van der Waals surface area contributed by atoms with Gasteiger partial charge in [0, 0.05) is 13.6 Å². The van der Waals surface area contributed by atoms with Gasteiger partial charge in [0.1, 0.15) is 11.8 Å². The predicted molar refractivity (Wildman–Crippen MR) is 124 cm³/mol. The lowest BCUT2D eigenvalue weighted by molar-refractivity contribution is -0.142. The lowest BCUT2D eigenvalue weighted by atomic mass is 10.0. The lowest BCUT2D eigenvalue weighted by Crippen LogP contribution is -2.50. The van der Waals surface area contributed by atoms with E-state index in [2.05, 4.69) is 35.1 Å². The third-order valence-corrected chi connectivity index (χ3v) is 5.71. The number of benzene rings is 2. The molecular weight excluding hydrogens is 444 g/mol. The third kappa shape index (κ3) is 6.59. The van der Waals surface area contributed by atoms with Gasteiger partial charge < -0.3 is 15.0 Å². The zero-order valence-electron chi connectivity index (χ0n) is 18.2. The number of amides is 2. The van der Waals surface area contributed by atoms with Gasteiger partial charge >= 0.3 is 0 Å². The number of carbonyl (C=O) groups is 2. The van der Waals surface area contributed by atoms with Crippen molar-refractivity contribution in [3.05, 3.63) is 64.1 Å². The Hall–Kier alpha value is -2.34. The number of halogens is 1.